The zero-order valence-corrected chi connectivity index (χ0v) is 13.7. The Kier molecular flexibility index (Phi) is 4.56. The van der Waals surface area contributed by atoms with Gasteiger partial charge < -0.3 is 9.64 Å². The van der Waals surface area contributed by atoms with Crippen molar-refractivity contribution in [2.75, 3.05) is 14.1 Å². The van der Waals surface area contributed by atoms with E-state index in [1.54, 1.807) is 6.26 Å². The smallest absolute Gasteiger partial charge is 0.114 e. The molecule has 0 aliphatic carbocycles. The summed E-state index contributed by atoms with van der Waals surface area (Å²) in [6.07, 6.45) is 7.01. The molecule has 0 saturated carbocycles. The third-order valence-electron chi connectivity index (χ3n) is 3.45. The molecule has 0 radical (unpaired) electrons. The Hall–Kier alpha value is -1.96. The molecule has 2 rings (SSSR count). The molecule has 21 heavy (non-hydrogen) atoms. The number of likely N-dealkylation sites (N-methyl/N-ethyl adjacent to an activating group) is 1. The molecule has 1 heterocycles. The van der Waals surface area contributed by atoms with E-state index in [1.807, 2.05) is 6.07 Å². The van der Waals surface area contributed by atoms with E-state index in [0.29, 0.717) is 0 Å². The van der Waals surface area contributed by atoms with Gasteiger partial charge in [-0.15, -0.1) is 0 Å². The largest absolute Gasteiger partial charge is 0.469 e. The number of ether oxygens (including phenoxy) is 1. The highest BCUT2D eigenvalue weighted by Crippen LogP contribution is 2.37. The van der Waals surface area contributed by atoms with Gasteiger partial charge in [0.15, 0.2) is 0 Å². The molecule has 0 amide bonds. The second-order valence-electron chi connectivity index (χ2n) is 6.59. The SMILES string of the molecule is CN(C)C(=Cc1ccccc1)C1=C(C(C)(C)C)OC=CC1. The first-order valence-corrected chi connectivity index (χ1v) is 7.39. The van der Waals surface area contributed by atoms with Gasteiger partial charge in [-0.3, -0.25) is 0 Å². The quantitative estimate of drug-likeness (QED) is 0.788. The van der Waals surface area contributed by atoms with Crippen LogP contribution >= 0.6 is 0 Å². The fourth-order valence-corrected chi connectivity index (χ4v) is 2.49. The molecule has 1 aliphatic heterocycles. The van der Waals surface area contributed by atoms with Gasteiger partial charge in [-0.1, -0.05) is 51.1 Å². The number of benzene rings is 1. The van der Waals surface area contributed by atoms with Gasteiger partial charge in [-0.2, -0.15) is 0 Å². The lowest BCUT2D eigenvalue weighted by molar-refractivity contribution is 0.232. The summed E-state index contributed by atoms with van der Waals surface area (Å²) in [4.78, 5) is 2.16. The van der Waals surface area contributed by atoms with Gasteiger partial charge in [0.2, 0.25) is 0 Å². The Morgan fingerprint density at radius 2 is 1.81 bits per heavy atom. The fourth-order valence-electron chi connectivity index (χ4n) is 2.49. The minimum absolute atomic E-state index is 0.00805. The number of hydrogen-bond acceptors (Lipinski definition) is 2. The maximum Gasteiger partial charge on any atom is 0.114 e. The molecule has 2 nitrogen and oxygen atoms in total. The predicted octanol–water partition coefficient (Wildman–Crippen LogP) is 4.82. The summed E-state index contributed by atoms with van der Waals surface area (Å²) in [6, 6.07) is 10.4. The van der Waals surface area contributed by atoms with Crippen molar-refractivity contribution >= 4 is 6.08 Å². The molecule has 1 aromatic carbocycles. The standard InChI is InChI=1S/C19H25NO/c1-19(2,3)18-16(12-9-13-21-18)17(20(4)5)14-15-10-7-6-8-11-15/h6-11,13-14H,12H2,1-5H3. The van der Waals surface area contributed by atoms with Crippen LogP contribution in [0.3, 0.4) is 0 Å². The van der Waals surface area contributed by atoms with E-state index < -0.39 is 0 Å². The Balaban J connectivity index is 2.51. The summed E-state index contributed by atoms with van der Waals surface area (Å²) in [5.74, 6) is 1.06. The van der Waals surface area contributed by atoms with E-state index in [9.17, 15) is 0 Å². The molecule has 0 spiro atoms. The molecular weight excluding hydrogens is 258 g/mol. The zero-order chi connectivity index (χ0) is 15.5. The average molecular weight is 283 g/mol. The summed E-state index contributed by atoms with van der Waals surface area (Å²) in [6.45, 7) is 6.58. The van der Waals surface area contributed by atoms with E-state index in [2.05, 4.69) is 76.2 Å². The van der Waals surface area contributed by atoms with E-state index >= 15 is 0 Å². The van der Waals surface area contributed by atoms with Crippen molar-refractivity contribution in [3.05, 3.63) is 65.3 Å². The summed E-state index contributed by atoms with van der Waals surface area (Å²) in [5, 5.41) is 0. The van der Waals surface area contributed by atoms with Crippen LogP contribution in [0.2, 0.25) is 0 Å². The highest BCUT2D eigenvalue weighted by Gasteiger charge is 2.26. The molecule has 0 fully saturated rings. The Bertz CT molecular complexity index is 571. The summed E-state index contributed by atoms with van der Waals surface area (Å²) in [7, 11) is 4.17. The zero-order valence-electron chi connectivity index (χ0n) is 13.7. The van der Waals surface area contributed by atoms with Crippen LogP contribution in [0, 0.1) is 5.41 Å². The predicted molar refractivity (Wildman–Crippen MR) is 89.4 cm³/mol. The highest BCUT2D eigenvalue weighted by atomic mass is 16.5. The van der Waals surface area contributed by atoms with Crippen LogP contribution in [-0.2, 0) is 4.74 Å². The second kappa shape index (κ2) is 6.21. The third-order valence-corrected chi connectivity index (χ3v) is 3.45. The van der Waals surface area contributed by atoms with Crippen molar-refractivity contribution in [3.63, 3.8) is 0 Å². The van der Waals surface area contributed by atoms with Crippen molar-refractivity contribution < 1.29 is 4.74 Å². The molecule has 0 atom stereocenters. The van der Waals surface area contributed by atoms with Crippen LogP contribution in [0.5, 0.6) is 0 Å². The minimum Gasteiger partial charge on any atom is -0.469 e. The maximum atomic E-state index is 5.86. The van der Waals surface area contributed by atoms with Crippen molar-refractivity contribution in [1.29, 1.82) is 0 Å². The molecule has 2 heteroatoms. The average Bonchev–Trinajstić information content (AvgIpc) is 2.45. The van der Waals surface area contributed by atoms with Crippen LogP contribution in [0.25, 0.3) is 6.08 Å². The molecular formula is C19H25NO. The lowest BCUT2D eigenvalue weighted by atomic mass is 9.87. The van der Waals surface area contributed by atoms with Crippen molar-refractivity contribution in [2.45, 2.75) is 27.2 Å². The minimum atomic E-state index is -0.00805. The molecule has 0 saturated heterocycles. The number of nitrogens with zero attached hydrogens (tertiary/aromatic N) is 1. The normalized spacial score (nSPS) is 16.0. The van der Waals surface area contributed by atoms with E-state index in [4.69, 9.17) is 4.74 Å². The van der Waals surface area contributed by atoms with Crippen molar-refractivity contribution in [2.24, 2.45) is 5.41 Å². The first-order chi connectivity index (χ1) is 9.89. The van der Waals surface area contributed by atoms with E-state index in [1.165, 1.54) is 16.8 Å². The summed E-state index contributed by atoms with van der Waals surface area (Å²) >= 11 is 0. The molecule has 0 aromatic heterocycles. The maximum absolute atomic E-state index is 5.86. The van der Waals surface area contributed by atoms with Gasteiger partial charge in [0.1, 0.15) is 5.76 Å². The van der Waals surface area contributed by atoms with E-state index in [0.717, 1.165) is 12.2 Å². The Labute approximate surface area is 128 Å². The van der Waals surface area contributed by atoms with Crippen LogP contribution in [0.15, 0.2) is 59.7 Å². The first kappa shape index (κ1) is 15.4. The molecule has 0 bridgehead atoms. The Morgan fingerprint density at radius 1 is 1.14 bits per heavy atom. The van der Waals surface area contributed by atoms with Crippen LogP contribution in [-0.4, -0.2) is 19.0 Å². The highest BCUT2D eigenvalue weighted by molar-refractivity contribution is 5.59. The van der Waals surface area contributed by atoms with Crippen LogP contribution < -0.4 is 0 Å². The van der Waals surface area contributed by atoms with Gasteiger partial charge in [-0.25, -0.2) is 0 Å². The molecule has 0 N–H and O–H groups in total. The number of rotatable bonds is 3. The monoisotopic (exact) mass is 283 g/mol. The van der Waals surface area contributed by atoms with Gasteiger partial charge in [0.05, 0.1) is 6.26 Å². The molecule has 1 aromatic rings. The lowest BCUT2D eigenvalue weighted by Gasteiger charge is -2.30. The molecule has 0 unspecified atom stereocenters. The molecule has 1 aliphatic rings. The summed E-state index contributed by atoms with van der Waals surface area (Å²) in [5.41, 5.74) is 3.66. The Morgan fingerprint density at radius 3 is 2.38 bits per heavy atom. The summed E-state index contributed by atoms with van der Waals surface area (Å²) < 4.78 is 5.86. The van der Waals surface area contributed by atoms with Crippen LogP contribution in [0.1, 0.15) is 32.8 Å². The van der Waals surface area contributed by atoms with E-state index in [-0.39, 0.29) is 5.41 Å². The fraction of sp³-hybridized carbons (Fsp3) is 0.368. The second-order valence-corrected chi connectivity index (χ2v) is 6.59. The number of allylic oxidation sites excluding steroid dienone is 3. The molecule has 112 valence electrons. The van der Waals surface area contributed by atoms with Crippen molar-refractivity contribution in [3.8, 4) is 0 Å². The third kappa shape index (κ3) is 3.78. The van der Waals surface area contributed by atoms with Gasteiger partial charge >= 0.3 is 0 Å². The van der Waals surface area contributed by atoms with Gasteiger partial charge in [-0.05, 0) is 24.1 Å². The number of hydrogen-bond donors (Lipinski definition) is 0. The topological polar surface area (TPSA) is 12.5 Å². The lowest BCUT2D eigenvalue weighted by Crippen LogP contribution is -2.21. The van der Waals surface area contributed by atoms with Crippen molar-refractivity contribution in [1.82, 2.24) is 4.90 Å². The van der Waals surface area contributed by atoms with Crippen LogP contribution in [0.4, 0.5) is 0 Å². The van der Waals surface area contributed by atoms with Gasteiger partial charge in [0.25, 0.3) is 0 Å². The first-order valence-electron chi connectivity index (χ1n) is 7.39. The van der Waals surface area contributed by atoms with Gasteiger partial charge in [0, 0.05) is 30.8 Å².